The zero-order valence-electron chi connectivity index (χ0n) is 6.09. The van der Waals surface area contributed by atoms with E-state index in [-0.39, 0.29) is 0 Å². The summed E-state index contributed by atoms with van der Waals surface area (Å²) < 4.78 is 0. The van der Waals surface area contributed by atoms with E-state index in [1.165, 1.54) is 16.4 Å². The van der Waals surface area contributed by atoms with Crippen LogP contribution in [-0.4, -0.2) is 0 Å². The highest BCUT2D eigenvalue weighted by atomic mass is 32.4. The first-order valence-corrected chi connectivity index (χ1v) is 5.06. The molecule has 0 saturated heterocycles. The fraction of sp³-hybridized carbons (Fsp3) is 0.250. The van der Waals surface area contributed by atoms with Crippen LogP contribution in [0.4, 0.5) is 0 Å². The average Bonchev–Trinajstić information content (AvgIpc) is 1.88. The second-order valence-electron chi connectivity index (χ2n) is 2.33. The standard InChI is InChI=1S/C8H9PS/c1-6-4-3-5-7(2)8(6)9-10/h3-5H,1-2H3. The summed E-state index contributed by atoms with van der Waals surface area (Å²) in [7, 11) is 0.958. The van der Waals surface area contributed by atoms with Gasteiger partial charge in [-0.05, 0) is 25.0 Å². The second-order valence-corrected chi connectivity index (χ2v) is 3.51. The zero-order chi connectivity index (χ0) is 7.56. The third-order valence-electron chi connectivity index (χ3n) is 1.53. The molecule has 0 fully saturated rings. The molecular weight excluding hydrogens is 159 g/mol. The molecule has 1 aromatic carbocycles. The molecule has 10 heavy (non-hydrogen) atoms. The smallest absolute Gasteiger partial charge is 0.0186 e. The minimum Gasteiger partial charge on any atom is -0.0617 e. The van der Waals surface area contributed by atoms with Crippen LogP contribution in [0.5, 0.6) is 0 Å². The second kappa shape index (κ2) is 3.23. The Morgan fingerprint density at radius 1 is 1.20 bits per heavy atom. The van der Waals surface area contributed by atoms with Crippen LogP contribution in [0.2, 0.25) is 0 Å². The number of hydrogen-bond donors (Lipinski definition) is 0. The molecule has 0 nitrogen and oxygen atoms in total. The number of rotatable bonds is 1. The highest BCUT2D eigenvalue weighted by Crippen LogP contribution is 2.06. The van der Waals surface area contributed by atoms with Gasteiger partial charge in [-0.15, -0.1) is 0 Å². The largest absolute Gasteiger partial charge is 0.0617 e. The molecule has 0 aromatic heterocycles. The van der Waals surface area contributed by atoms with Gasteiger partial charge < -0.3 is 0 Å². The molecule has 0 unspecified atom stereocenters. The van der Waals surface area contributed by atoms with Crippen LogP contribution in [0.1, 0.15) is 11.1 Å². The van der Waals surface area contributed by atoms with Crippen molar-refractivity contribution in [1.82, 2.24) is 0 Å². The molecule has 0 spiro atoms. The summed E-state index contributed by atoms with van der Waals surface area (Å²) >= 11 is 4.97. The molecule has 0 atom stereocenters. The SMILES string of the molecule is Cc1cccc(C)c1P=S. The van der Waals surface area contributed by atoms with Gasteiger partial charge in [0.1, 0.15) is 0 Å². The van der Waals surface area contributed by atoms with Crippen molar-refractivity contribution in [3.8, 4) is 0 Å². The summed E-state index contributed by atoms with van der Waals surface area (Å²) in [6.45, 7) is 4.20. The third-order valence-corrected chi connectivity index (χ3v) is 2.97. The lowest BCUT2D eigenvalue weighted by Crippen LogP contribution is -2.01. The number of hydrogen-bond acceptors (Lipinski definition) is 1. The van der Waals surface area contributed by atoms with Crippen molar-refractivity contribution in [2.45, 2.75) is 13.8 Å². The van der Waals surface area contributed by atoms with Crippen LogP contribution < -0.4 is 5.30 Å². The Kier molecular flexibility index (Phi) is 2.53. The van der Waals surface area contributed by atoms with Crippen molar-refractivity contribution in [3.05, 3.63) is 29.3 Å². The maximum Gasteiger partial charge on any atom is 0.0186 e. The molecule has 0 aliphatic rings. The van der Waals surface area contributed by atoms with E-state index in [1.807, 2.05) is 0 Å². The summed E-state index contributed by atoms with van der Waals surface area (Å²) in [5.74, 6) is 0. The normalized spacial score (nSPS) is 10.2. The molecule has 0 radical (unpaired) electrons. The van der Waals surface area contributed by atoms with Crippen molar-refractivity contribution in [2.75, 3.05) is 0 Å². The van der Waals surface area contributed by atoms with E-state index in [2.05, 4.69) is 32.0 Å². The molecule has 0 bridgehead atoms. The van der Waals surface area contributed by atoms with Crippen LogP contribution in [0.15, 0.2) is 18.2 Å². The monoisotopic (exact) mass is 168 g/mol. The Bertz CT molecular complexity index is 235. The molecule has 1 rings (SSSR count). The maximum atomic E-state index is 4.97. The van der Waals surface area contributed by atoms with Gasteiger partial charge in [-0.25, -0.2) is 0 Å². The van der Waals surface area contributed by atoms with E-state index in [4.69, 9.17) is 11.8 Å². The molecule has 0 aliphatic carbocycles. The van der Waals surface area contributed by atoms with Crippen LogP contribution in [0, 0.1) is 13.8 Å². The van der Waals surface area contributed by atoms with Gasteiger partial charge in [0.2, 0.25) is 0 Å². The fourth-order valence-corrected chi connectivity index (χ4v) is 2.25. The predicted molar refractivity (Wildman–Crippen MR) is 49.8 cm³/mol. The van der Waals surface area contributed by atoms with E-state index in [9.17, 15) is 0 Å². The molecule has 0 amide bonds. The van der Waals surface area contributed by atoms with Crippen LogP contribution in [-0.2, 0) is 11.8 Å². The van der Waals surface area contributed by atoms with Crippen LogP contribution >= 0.6 is 7.36 Å². The van der Waals surface area contributed by atoms with Gasteiger partial charge in [-0.1, -0.05) is 30.0 Å². The van der Waals surface area contributed by atoms with Gasteiger partial charge in [0.15, 0.2) is 0 Å². The van der Waals surface area contributed by atoms with Gasteiger partial charge in [-0.2, -0.15) is 0 Å². The molecule has 0 heterocycles. The van der Waals surface area contributed by atoms with E-state index < -0.39 is 0 Å². The quantitative estimate of drug-likeness (QED) is 0.580. The average molecular weight is 168 g/mol. The summed E-state index contributed by atoms with van der Waals surface area (Å²) in [5.41, 5.74) is 2.60. The van der Waals surface area contributed by atoms with Gasteiger partial charge in [-0.3, -0.25) is 0 Å². The van der Waals surface area contributed by atoms with Gasteiger partial charge in [0.25, 0.3) is 0 Å². The highest BCUT2D eigenvalue weighted by Gasteiger charge is 1.96. The lowest BCUT2D eigenvalue weighted by atomic mass is 10.2. The fourth-order valence-electron chi connectivity index (χ4n) is 0.950. The predicted octanol–water partition coefficient (Wildman–Crippen LogP) is 2.34. The van der Waals surface area contributed by atoms with Gasteiger partial charge in [0.05, 0.1) is 0 Å². The number of aryl methyl sites for hydroxylation is 2. The Morgan fingerprint density at radius 3 is 2.00 bits per heavy atom. The molecule has 52 valence electrons. The van der Waals surface area contributed by atoms with Crippen molar-refractivity contribution < 1.29 is 0 Å². The third kappa shape index (κ3) is 1.42. The summed E-state index contributed by atoms with van der Waals surface area (Å²) in [5, 5.41) is 1.29. The first-order chi connectivity index (χ1) is 4.75. The molecule has 0 saturated carbocycles. The van der Waals surface area contributed by atoms with E-state index >= 15 is 0 Å². The minimum atomic E-state index is 0.958. The minimum absolute atomic E-state index is 0.958. The first kappa shape index (κ1) is 7.84. The van der Waals surface area contributed by atoms with Crippen LogP contribution in [0.25, 0.3) is 0 Å². The summed E-state index contributed by atoms with van der Waals surface area (Å²) in [4.78, 5) is 0. The summed E-state index contributed by atoms with van der Waals surface area (Å²) in [6.07, 6.45) is 0. The maximum absolute atomic E-state index is 4.97. The molecular formula is C8H9PS. The van der Waals surface area contributed by atoms with E-state index in [0.29, 0.717) is 0 Å². The zero-order valence-corrected chi connectivity index (χ0v) is 7.80. The number of benzene rings is 1. The Hall–Kier alpha value is -0.260. The Morgan fingerprint density at radius 2 is 1.70 bits per heavy atom. The summed E-state index contributed by atoms with van der Waals surface area (Å²) in [6, 6.07) is 6.26. The lowest BCUT2D eigenvalue weighted by molar-refractivity contribution is 1.44. The molecule has 0 aliphatic heterocycles. The van der Waals surface area contributed by atoms with Crippen molar-refractivity contribution in [2.24, 2.45) is 0 Å². The molecule has 2 heteroatoms. The van der Waals surface area contributed by atoms with E-state index in [0.717, 1.165) is 7.36 Å². The Balaban J connectivity index is 3.30. The first-order valence-electron chi connectivity index (χ1n) is 3.15. The van der Waals surface area contributed by atoms with Crippen molar-refractivity contribution in [3.63, 3.8) is 0 Å². The van der Waals surface area contributed by atoms with Gasteiger partial charge >= 0.3 is 0 Å². The van der Waals surface area contributed by atoms with Gasteiger partial charge in [0, 0.05) is 12.7 Å². The molecule has 0 N–H and O–H groups in total. The Labute approximate surface area is 68.1 Å². The highest BCUT2D eigenvalue weighted by molar-refractivity contribution is 7.99. The van der Waals surface area contributed by atoms with Crippen molar-refractivity contribution >= 4 is 24.5 Å². The van der Waals surface area contributed by atoms with Crippen LogP contribution in [0.3, 0.4) is 0 Å². The van der Waals surface area contributed by atoms with E-state index in [1.54, 1.807) is 0 Å². The topological polar surface area (TPSA) is 0 Å². The molecule has 1 aromatic rings. The van der Waals surface area contributed by atoms with Crippen molar-refractivity contribution in [1.29, 1.82) is 0 Å². The lowest BCUT2D eigenvalue weighted by Gasteiger charge is -2.00.